The number of carbonyl (C=O) groups is 1. The minimum Gasteiger partial charge on any atom is -0.463 e. The van der Waals surface area contributed by atoms with Gasteiger partial charge in [0, 0.05) is 17.7 Å². The summed E-state index contributed by atoms with van der Waals surface area (Å²) in [5, 5.41) is 30.0. The number of allylic oxidation sites excluding steroid dienone is 2. The number of aliphatic hydroxyl groups excluding tert-OH is 3. The van der Waals surface area contributed by atoms with Gasteiger partial charge in [-0.3, -0.25) is 4.79 Å². The second kappa shape index (κ2) is 15.0. The number of hydrogen-bond acceptors (Lipinski definition) is 5. The van der Waals surface area contributed by atoms with Gasteiger partial charge in [-0.15, -0.1) is 11.6 Å². The zero-order chi connectivity index (χ0) is 25.0. The Kier molecular flexibility index (Phi) is 12.1. The monoisotopic (exact) mass is 506 g/mol. The molecule has 1 aromatic carbocycles. The van der Waals surface area contributed by atoms with Crippen LogP contribution in [-0.4, -0.2) is 46.0 Å². The molecule has 2 saturated carbocycles. The number of alkyl halides is 1. The van der Waals surface area contributed by atoms with Gasteiger partial charge in [-0.1, -0.05) is 68.5 Å². The summed E-state index contributed by atoms with van der Waals surface area (Å²) >= 11 is 6.63. The lowest BCUT2D eigenvalue weighted by atomic mass is 9.83. The van der Waals surface area contributed by atoms with Crippen molar-refractivity contribution in [3.63, 3.8) is 0 Å². The van der Waals surface area contributed by atoms with E-state index in [9.17, 15) is 15.0 Å². The highest BCUT2D eigenvalue weighted by Crippen LogP contribution is 2.45. The molecule has 0 aliphatic heterocycles. The maximum Gasteiger partial charge on any atom is 0.305 e. The van der Waals surface area contributed by atoms with E-state index < -0.39 is 12.2 Å². The van der Waals surface area contributed by atoms with Crippen molar-refractivity contribution in [2.24, 2.45) is 11.8 Å². The average Bonchev–Trinajstić information content (AvgIpc) is 3.16. The van der Waals surface area contributed by atoms with Crippen LogP contribution >= 0.6 is 11.6 Å². The second-order valence-corrected chi connectivity index (χ2v) is 10.9. The highest BCUT2D eigenvalue weighted by atomic mass is 35.5. The number of halogens is 1. The summed E-state index contributed by atoms with van der Waals surface area (Å²) in [6.07, 6.45) is 15.0. The molecule has 0 bridgehead atoms. The van der Waals surface area contributed by atoms with Crippen LogP contribution in [0, 0.1) is 11.8 Å². The van der Waals surface area contributed by atoms with E-state index in [-0.39, 0.29) is 36.4 Å². The Labute approximate surface area is 215 Å². The number of benzene rings is 1. The first-order valence-electron chi connectivity index (χ1n) is 13.5. The van der Waals surface area contributed by atoms with Gasteiger partial charge in [-0.05, 0) is 61.5 Å². The van der Waals surface area contributed by atoms with Crippen LogP contribution in [0.15, 0.2) is 36.4 Å². The Bertz CT molecular complexity index is 774. The van der Waals surface area contributed by atoms with Crippen LogP contribution in [-0.2, 0) is 9.53 Å². The van der Waals surface area contributed by atoms with Crippen molar-refractivity contribution in [1.29, 1.82) is 0 Å². The van der Waals surface area contributed by atoms with Crippen molar-refractivity contribution in [1.82, 2.24) is 0 Å². The van der Waals surface area contributed by atoms with Gasteiger partial charge < -0.3 is 20.1 Å². The van der Waals surface area contributed by atoms with E-state index >= 15 is 0 Å². The third-order valence-corrected chi connectivity index (χ3v) is 8.27. The normalized spacial score (nSPS) is 26.3. The van der Waals surface area contributed by atoms with Crippen LogP contribution in [0.4, 0.5) is 0 Å². The predicted octanol–water partition coefficient (Wildman–Crippen LogP) is 5.80. The van der Waals surface area contributed by atoms with Gasteiger partial charge in [0.2, 0.25) is 0 Å². The molecule has 35 heavy (non-hydrogen) atoms. The molecule has 1 aromatic rings. The summed E-state index contributed by atoms with van der Waals surface area (Å²) in [5.41, 5.74) is 2.03. The average molecular weight is 507 g/mol. The van der Waals surface area contributed by atoms with Crippen LogP contribution in [0.25, 0.3) is 0 Å². The van der Waals surface area contributed by atoms with E-state index in [4.69, 9.17) is 21.4 Å². The Hall–Kier alpha value is -1.40. The number of hydrogen-bond donors (Lipinski definition) is 3. The predicted molar refractivity (Wildman–Crippen MR) is 139 cm³/mol. The molecular formula is C29H43ClO5. The molecule has 0 heterocycles. The van der Waals surface area contributed by atoms with Crippen molar-refractivity contribution in [3.05, 3.63) is 47.5 Å². The van der Waals surface area contributed by atoms with Gasteiger partial charge in [0.05, 0.1) is 18.8 Å². The fourth-order valence-electron chi connectivity index (χ4n) is 5.77. The second-order valence-electron chi connectivity index (χ2n) is 10.3. The number of rotatable bonds is 13. The highest BCUT2D eigenvalue weighted by molar-refractivity contribution is 6.21. The zero-order valence-corrected chi connectivity index (χ0v) is 21.6. The summed E-state index contributed by atoms with van der Waals surface area (Å²) < 4.78 is 4.86. The molecule has 2 fully saturated rings. The first-order chi connectivity index (χ1) is 17.0. The van der Waals surface area contributed by atoms with E-state index in [1.807, 2.05) is 12.1 Å². The fraction of sp³-hybridized carbons (Fsp3) is 0.690. The molecule has 1 unspecified atom stereocenters. The summed E-state index contributed by atoms with van der Waals surface area (Å²) in [5.74, 6) is 0.596. The van der Waals surface area contributed by atoms with Crippen molar-refractivity contribution in [2.45, 2.75) is 101 Å². The molecule has 5 nitrogen and oxygen atoms in total. The standard InChI is InChI=1S/C29H43ClO5/c30-25-20-27(33)29(24(25)10-6-1-2-7-11-28(34)35-19-18-31)23-15-13-22(14-16-23)26(32)17-12-21-8-4-3-5-9-21/h1,6,13-16,21,24-27,29,31-33H,2-5,7-12,17-20H2/b6-1-/t24-,25+,26?,27+,29+/m0/s1. The smallest absolute Gasteiger partial charge is 0.305 e. The van der Waals surface area contributed by atoms with E-state index in [2.05, 4.69) is 24.3 Å². The van der Waals surface area contributed by atoms with Crippen molar-refractivity contribution in [2.75, 3.05) is 13.2 Å². The Balaban J connectivity index is 1.48. The molecule has 3 rings (SSSR count). The van der Waals surface area contributed by atoms with Crippen molar-refractivity contribution >= 4 is 17.6 Å². The SMILES string of the molecule is O=C(CCC/C=C\C[C@@H]1[C@@H](c2ccc(C(O)CCC3CCCCC3)cc2)[C@H](O)C[C@H]1Cl)OCCO. The van der Waals surface area contributed by atoms with E-state index in [1.54, 1.807) is 0 Å². The third kappa shape index (κ3) is 8.89. The van der Waals surface area contributed by atoms with Crippen molar-refractivity contribution in [3.8, 4) is 0 Å². The summed E-state index contributed by atoms with van der Waals surface area (Å²) in [6, 6.07) is 8.13. The molecule has 5 atom stereocenters. The van der Waals surface area contributed by atoms with Crippen LogP contribution < -0.4 is 0 Å². The highest BCUT2D eigenvalue weighted by Gasteiger charge is 2.41. The molecule has 3 N–H and O–H groups in total. The largest absolute Gasteiger partial charge is 0.463 e. The van der Waals surface area contributed by atoms with Gasteiger partial charge in [0.1, 0.15) is 6.61 Å². The van der Waals surface area contributed by atoms with E-state index in [0.29, 0.717) is 19.3 Å². The molecule has 0 aromatic heterocycles. The van der Waals surface area contributed by atoms with Crippen LogP contribution in [0.3, 0.4) is 0 Å². The molecular weight excluding hydrogens is 464 g/mol. The maximum atomic E-state index is 11.5. The Morgan fingerprint density at radius 3 is 2.60 bits per heavy atom. The van der Waals surface area contributed by atoms with Gasteiger partial charge >= 0.3 is 5.97 Å². The van der Waals surface area contributed by atoms with Crippen LogP contribution in [0.2, 0.25) is 0 Å². The topological polar surface area (TPSA) is 87.0 Å². The summed E-state index contributed by atoms with van der Waals surface area (Å²) in [6.45, 7) is -0.0963. The molecule has 0 spiro atoms. The quantitative estimate of drug-likeness (QED) is 0.136. The minimum absolute atomic E-state index is 0.0240. The summed E-state index contributed by atoms with van der Waals surface area (Å²) in [7, 11) is 0. The number of carbonyl (C=O) groups excluding carboxylic acids is 1. The first kappa shape index (κ1) is 28.2. The summed E-state index contributed by atoms with van der Waals surface area (Å²) in [4.78, 5) is 11.5. The van der Waals surface area contributed by atoms with Gasteiger partial charge in [0.15, 0.2) is 0 Å². The molecule has 0 saturated heterocycles. The lowest BCUT2D eigenvalue weighted by molar-refractivity contribution is -0.144. The van der Waals surface area contributed by atoms with Crippen LogP contribution in [0.5, 0.6) is 0 Å². The van der Waals surface area contributed by atoms with E-state index in [1.165, 1.54) is 32.1 Å². The fourth-order valence-corrected chi connectivity index (χ4v) is 6.21. The molecule has 196 valence electrons. The molecule has 0 radical (unpaired) electrons. The Morgan fingerprint density at radius 1 is 1.14 bits per heavy atom. The first-order valence-corrected chi connectivity index (χ1v) is 13.9. The van der Waals surface area contributed by atoms with Gasteiger partial charge in [-0.25, -0.2) is 0 Å². The number of aliphatic hydroxyl groups is 3. The number of unbranched alkanes of at least 4 members (excludes halogenated alkanes) is 1. The third-order valence-electron chi connectivity index (χ3n) is 7.77. The lowest BCUT2D eigenvalue weighted by Crippen LogP contribution is -2.18. The molecule has 6 heteroatoms. The zero-order valence-electron chi connectivity index (χ0n) is 20.9. The number of ether oxygens (including phenoxy) is 1. The van der Waals surface area contributed by atoms with Gasteiger partial charge in [-0.2, -0.15) is 0 Å². The molecule has 2 aliphatic carbocycles. The van der Waals surface area contributed by atoms with Crippen LogP contribution in [0.1, 0.15) is 100 Å². The number of esters is 1. The van der Waals surface area contributed by atoms with Gasteiger partial charge in [0.25, 0.3) is 0 Å². The van der Waals surface area contributed by atoms with E-state index in [0.717, 1.165) is 42.7 Å². The Morgan fingerprint density at radius 2 is 1.89 bits per heavy atom. The molecule has 2 aliphatic rings. The molecule has 0 amide bonds. The van der Waals surface area contributed by atoms with Crippen molar-refractivity contribution < 1.29 is 24.9 Å². The lowest BCUT2D eigenvalue weighted by Gasteiger charge is -2.24. The minimum atomic E-state index is -0.473. The maximum absolute atomic E-state index is 11.5.